The minimum atomic E-state index is -0.519. The van der Waals surface area contributed by atoms with Crippen LogP contribution in [0.15, 0.2) is 17.0 Å². The number of ether oxygens (including phenoxy) is 1. The number of hydrogen-bond acceptors (Lipinski definition) is 4. The van der Waals surface area contributed by atoms with Gasteiger partial charge in [0, 0.05) is 18.5 Å². The summed E-state index contributed by atoms with van der Waals surface area (Å²) >= 11 is 4.34. The molecule has 4 nitrogen and oxygen atoms in total. The second-order valence-electron chi connectivity index (χ2n) is 5.49. The van der Waals surface area contributed by atoms with E-state index in [0.717, 1.165) is 21.7 Å². The summed E-state index contributed by atoms with van der Waals surface area (Å²) in [5.41, 5.74) is 7.88. The van der Waals surface area contributed by atoms with Crippen LogP contribution < -0.4 is 10.6 Å². The Balaban J connectivity index is 3.09. The average Bonchev–Trinajstić information content (AvgIpc) is 2.28. The van der Waals surface area contributed by atoms with Crippen LogP contribution in [0.25, 0.3) is 0 Å². The van der Waals surface area contributed by atoms with E-state index in [0.29, 0.717) is 6.54 Å². The molecule has 0 aliphatic carbocycles. The van der Waals surface area contributed by atoms with Crippen molar-refractivity contribution in [2.24, 2.45) is 5.73 Å². The van der Waals surface area contributed by atoms with Gasteiger partial charge < -0.3 is 10.5 Å². The van der Waals surface area contributed by atoms with Gasteiger partial charge >= 0.3 is 6.09 Å². The number of nitrogens with two attached hydrogens (primary N) is 1. The monoisotopic (exact) mass is 282 g/mol. The fraction of sp³-hybridized carbons (Fsp3) is 0.500. The maximum Gasteiger partial charge on any atom is 0.414 e. The first-order valence-corrected chi connectivity index (χ1v) is 6.59. The van der Waals surface area contributed by atoms with Gasteiger partial charge in [-0.2, -0.15) is 0 Å². The van der Waals surface area contributed by atoms with Crippen molar-refractivity contribution in [3.05, 3.63) is 23.3 Å². The van der Waals surface area contributed by atoms with Crippen LogP contribution in [0.2, 0.25) is 0 Å². The predicted octanol–water partition coefficient (Wildman–Crippen LogP) is 3.11. The summed E-state index contributed by atoms with van der Waals surface area (Å²) < 4.78 is 5.35. The maximum atomic E-state index is 12.1. The van der Waals surface area contributed by atoms with Crippen LogP contribution in [-0.2, 0) is 11.3 Å². The summed E-state index contributed by atoms with van der Waals surface area (Å²) in [6, 6.07) is 3.74. The van der Waals surface area contributed by atoms with Gasteiger partial charge in [-0.25, -0.2) is 4.79 Å². The third-order valence-electron chi connectivity index (χ3n) is 2.72. The zero-order valence-corrected chi connectivity index (χ0v) is 13.0. The van der Waals surface area contributed by atoms with E-state index in [9.17, 15) is 4.79 Å². The molecule has 0 aromatic heterocycles. The topological polar surface area (TPSA) is 55.6 Å². The molecule has 1 rings (SSSR count). The zero-order valence-electron chi connectivity index (χ0n) is 12.2. The Morgan fingerprint density at radius 2 is 2.00 bits per heavy atom. The molecule has 1 amide bonds. The Morgan fingerprint density at radius 1 is 1.42 bits per heavy atom. The Hall–Kier alpha value is -1.20. The molecule has 1 aromatic carbocycles. The number of carbonyl (C=O) groups is 1. The molecule has 5 heteroatoms. The van der Waals surface area contributed by atoms with Crippen molar-refractivity contribution in [3.8, 4) is 0 Å². The van der Waals surface area contributed by atoms with Gasteiger partial charge in [-0.15, -0.1) is 12.6 Å². The second-order valence-corrected chi connectivity index (χ2v) is 6.01. The van der Waals surface area contributed by atoms with E-state index in [1.807, 2.05) is 39.8 Å². The first-order chi connectivity index (χ1) is 8.65. The summed E-state index contributed by atoms with van der Waals surface area (Å²) in [6.07, 6.45) is -0.391. The summed E-state index contributed by atoms with van der Waals surface area (Å²) in [6.45, 7) is 7.87. The van der Waals surface area contributed by atoms with Gasteiger partial charge in [0.1, 0.15) is 5.60 Å². The van der Waals surface area contributed by atoms with Crippen LogP contribution in [0.5, 0.6) is 0 Å². The minimum Gasteiger partial charge on any atom is -0.443 e. The lowest BCUT2D eigenvalue weighted by molar-refractivity contribution is 0.0589. The lowest BCUT2D eigenvalue weighted by Crippen LogP contribution is -2.34. The molecule has 0 aliphatic heterocycles. The third kappa shape index (κ3) is 4.14. The largest absolute Gasteiger partial charge is 0.443 e. The molecule has 0 radical (unpaired) electrons. The normalized spacial score (nSPS) is 11.3. The smallest absolute Gasteiger partial charge is 0.414 e. The van der Waals surface area contributed by atoms with Crippen LogP contribution in [0.4, 0.5) is 10.5 Å². The predicted molar refractivity (Wildman–Crippen MR) is 81.0 cm³/mol. The maximum absolute atomic E-state index is 12.1. The van der Waals surface area contributed by atoms with Crippen LogP contribution in [0.1, 0.15) is 31.9 Å². The molecule has 0 spiro atoms. The van der Waals surface area contributed by atoms with E-state index in [1.165, 1.54) is 4.90 Å². The summed E-state index contributed by atoms with van der Waals surface area (Å²) in [4.78, 5) is 14.3. The third-order valence-corrected chi connectivity index (χ3v) is 2.98. The quantitative estimate of drug-likeness (QED) is 0.819. The number of benzene rings is 1. The van der Waals surface area contributed by atoms with E-state index in [2.05, 4.69) is 12.6 Å². The lowest BCUT2D eigenvalue weighted by Gasteiger charge is -2.26. The van der Waals surface area contributed by atoms with E-state index in [-0.39, 0.29) is 0 Å². The number of rotatable bonds is 2. The molecule has 0 atom stereocenters. The zero-order chi connectivity index (χ0) is 14.8. The van der Waals surface area contributed by atoms with Crippen LogP contribution in [0, 0.1) is 6.92 Å². The van der Waals surface area contributed by atoms with Gasteiger partial charge in [-0.3, -0.25) is 4.90 Å². The molecule has 0 aliphatic rings. The van der Waals surface area contributed by atoms with Crippen LogP contribution in [-0.4, -0.2) is 18.7 Å². The van der Waals surface area contributed by atoms with E-state index in [1.54, 1.807) is 7.05 Å². The number of thiol groups is 1. The van der Waals surface area contributed by atoms with Crippen molar-refractivity contribution in [1.29, 1.82) is 0 Å². The van der Waals surface area contributed by atoms with Crippen molar-refractivity contribution in [2.75, 3.05) is 11.9 Å². The standard InChI is InChI=1S/C14H22N2O2S/c1-9-10(8-15)6-11(19)7-12(9)16(5)13(17)18-14(2,3)4/h6-7,19H,8,15H2,1-5H3. The number of amides is 1. The Morgan fingerprint density at radius 3 is 2.47 bits per heavy atom. The molecule has 0 heterocycles. The Kier molecular flexibility index (Phi) is 4.87. The van der Waals surface area contributed by atoms with Gasteiger partial charge in [-0.05, 0) is 51.0 Å². The molecular formula is C14H22N2O2S. The number of nitrogens with zero attached hydrogens (tertiary/aromatic N) is 1. The highest BCUT2D eigenvalue weighted by molar-refractivity contribution is 7.80. The summed E-state index contributed by atoms with van der Waals surface area (Å²) in [7, 11) is 1.68. The first-order valence-electron chi connectivity index (χ1n) is 6.15. The van der Waals surface area contributed by atoms with E-state index in [4.69, 9.17) is 10.5 Å². The highest BCUT2D eigenvalue weighted by Crippen LogP contribution is 2.27. The molecule has 0 unspecified atom stereocenters. The minimum absolute atomic E-state index is 0.391. The van der Waals surface area contributed by atoms with Gasteiger partial charge in [-0.1, -0.05) is 0 Å². The van der Waals surface area contributed by atoms with Crippen LogP contribution in [0.3, 0.4) is 0 Å². The number of anilines is 1. The SMILES string of the molecule is Cc1c(CN)cc(S)cc1N(C)C(=O)OC(C)(C)C. The molecule has 0 saturated carbocycles. The van der Waals surface area contributed by atoms with Crippen molar-refractivity contribution >= 4 is 24.4 Å². The lowest BCUT2D eigenvalue weighted by atomic mass is 10.1. The van der Waals surface area contributed by atoms with E-state index >= 15 is 0 Å². The highest BCUT2D eigenvalue weighted by atomic mass is 32.1. The van der Waals surface area contributed by atoms with Crippen molar-refractivity contribution in [1.82, 2.24) is 0 Å². The van der Waals surface area contributed by atoms with Crippen molar-refractivity contribution < 1.29 is 9.53 Å². The molecular weight excluding hydrogens is 260 g/mol. The molecule has 0 saturated heterocycles. The number of carbonyl (C=O) groups excluding carboxylic acids is 1. The second kappa shape index (κ2) is 5.84. The summed E-state index contributed by atoms with van der Waals surface area (Å²) in [5.74, 6) is 0. The Bertz CT molecular complexity index is 481. The molecule has 0 bridgehead atoms. The van der Waals surface area contributed by atoms with Gasteiger partial charge in [0.15, 0.2) is 0 Å². The van der Waals surface area contributed by atoms with Crippen molar-refractivity contribution in [3.63, 3.8) is 0 Å². The van der Waals surface area contributed by atoms with Crippen molar-refractivity contribution in [2.45, 2.75) is 44.7 Å². The fourth-order valence-electron chi connectivity index (χ4n) is 1.73. The van der Waals surface area contributed by atoms with E-state index < -0.39 is 11.7 Å². The Labute approximate surface area is 120 Å². The van der Waals surface area contributed by atoms with Crippen LogP contribution >= 0.6 is 12.6 Å². The molecule has 106 valence electrons. The van der Waals surface area contributed by atoms with Gasteiger partial charge in [0.2, 0.25) is 0 Å². The molecule has 0 fully saturated rings. The highest BCUT2D eigenvalue weighted by Gasteiger charge is 2.22. The fourth-order valence-corrected chi connectivity index (χ4v) is 2.01. The first kappa shape index (κ1) is 15.9. The average molecular weight is 282 g/mol. The summed E-state index contributed by atoms with van der Waals surface area (Å²) in [5, 5.41) is 0. The molecule has 2 N–H and O–H groups in total. The van der Waals surface area contributed by atoms with Gasteiger partial charge in [0.05, 0.1) is 5.69 Å². The number of hydrogen-bond donors (Lipinski definition) is 2. The molecule has 19 heavy (non-hydrogen) atoms. The van der Waals surface area contributed by atoms with Gasteiger partial charge in [0.25, 0.3) is 0 Å². The molecule has 1 aromatic rings.